The van der Waals surface area contributed by atoms with E-state index in [4.69, 9.17) is 4.99 Å². The molecule has 0 aromatic carbocycles. The van der Waals surface area contributed by atoms with Crippen molar-refractivity contribution in [1.29, 1.82) is 0 Å². The lowest BCUT2D eigenvalue weighted by atomic mass is 10.00. The molecule has 1 N–H and O–H groups in total. The highest BCUT2D eigenvalue weighted by Crippen LogP contribution is 2.30. The fourth-order valence-electron chi connectivity index (χ4n) is 2.94. The van der Waals surface area contributed by atoms with Gasteiger partial charge in [-0.25, -0.2) is 10.4 Å². The van der Waals surface area contributed by atoms with E-state index in [9.17, 15) is 0 Å². The summed E-state index contributed by atoms with van der Waals surface area (Å²) in [5, 5.41) is 2.25. The van der Waals surface area contributed by atoms with Crippen LogP contribution in [-0.4, -0.2) is 23.3 Å². The molecule has 2 rings (SSSR count). The molecule has 2 heterocycles. The Morgan fingerprint density at radius 3 is 2.82 bits per heavy atom. The molecule has 0 fully saturated rings. The van der Waals surface area contributed by atoms with Crippen LogP contribution in [-0.2, 0) is 0 Å². The van der Waals surface area contributed by atoms with Gasteiger partial charge in [0.1, 0.15) is 5.82 Å². The number of allylic oxidation sites excluding steroid dienone is 4. The monoisotopic (exact) mass is 299 g/mol. The molecule has 0 amide bonds. The van der Waals surface area contributed by atoms with E-state index in [0.717, 1.165) is 25.2 Å². The second-order valence-corrected chi connectivity index (χ2v) is 6.40. The van der Waals surface area contributed by atoms with E-state index < -0.39 is 0 Å². The minimum Gasteiger partial charge on any atom is -0.284 e. The van der Waals surface area contributed by atoms with Crippen LogP contribution in [0.1, 0.15) is 40.5 Å². The average molecular weight is 299 g/mol. The molecule has 2 atom stereocenters. The van der Waals surface area contributed by atoms with E-state index in [1.807, 2.05) is 12.2 Å². The van der Waals surface area contributed by atoms with Crippen LogP contribution in [0.2, 0.25) is 0 Å². The molecule has 2 unspecified atom stereocenters. The first-order chi connectivity index (χ1) is 10.6. The standard InChI is InChI=1S/C19H29N3/c1-6-8-9-16(7-2)10-11-17-12-15(5)21-19-18(14(3)4)13-20-22(17)19/h6,8-11,14,16-17,20H,1,7,12-13H2,2-5H3/b9-8-,11-10+. The van der Waals surface area contributed by atoms with Gasteiger partial charge in [0, 0.05) is 18.7 Å². The molecular weight excluding hydrogens is 270 g/mol. The minimum atomic E-state index is 0.356. The first-order valence-electron chi connectivity index (χ1n) is 8.34. The lowest BCUT2D eigenvalue weighted by Gasteiger charge is -2.32. The molecular formula is C19H29N3. The van der Waals surface area contributed by atoms with Crippen LogP contribution in [0.25, 0.3) is 0 Å². The Morgan fingerprint density at radius 2 is 2.18 bits per heavy atom. The van der Waals surface area contributed by atoms with Gasteiger partial charge in [-0.15, -0.1) is 0 Å². The normalized spacial score (nSPS) is 23.6. The van der Waals surface area contributed by atoms with Crippen molar-refractivity contribution in [3.8, 4) is 0 Å². The summed E-state index contributed by atoms with van der Waals surface area (Å²) in [6.45, 7) is 13.5. The number of fused-ring (bicyclic) bond motifs is 1. The van der Waals surface area contributed by atoms with Crippen molar-refractivity contribution in [1.82, 2.24) is 10.4 Å². The molecule has 0 bridgehead atoms. The summed E-state index contributed by atoms with van der Waals surface area (Å²) in [4.78, 5) is 4.79. The van der Waals surface area contributed by atoms with Crippen LogP contribution < -0.4 is 5.43 Å². The lowest BCUT2D eigenvalue weighted by Crippen LogP contribution is -2.43. The summed E-state index contributed by atoms with van der Waals surface area (Å²) in [7, 11) is 0. The second kappa shape index (κ2) is 7.59. The Balaban J connectivity index is 2.18. The molecule has 3 nitrogen and oxygen atoms in total. The number of hydrogen-bond donors (Lipinski definition) is 1. The van der Waals surface area contributed by atoms with Gasteiger partial charge in [0.15, 0.2) is 0 Å². The number of rotatable bonds is 6. The van der Waals surface area contributed by atoms with E-state index >= 15 is 0 Å². The smallest absolute Gasteiger partial charge is 0.143 e. The van der Waals surface area contributed by atoms with Crippen molar-refractivity contribution >= 4 is 5.71 Å². The Bertz CT molecular complexity index is 523. The van der Waals surface area contributed by atoms with Crippen LogP contribution in [0.5, 0.6) is 0 Å². The molecule has 2 aliphatic rings. The Morgan fingerprint density at radius 1 is 1.41 bits per heavy atom. The third-order valence-electron chi connectivity index (χ3n) is 4.33. The molecule has 0 aromatic rings. The molecule has 0 spiro atoms. The number of hydrogen-bond acceptors (Lipinski definition) is 3. The summed E-state index contributed by atoms with van der Waals surface area (Å²) in [6.07, 6.45) is 12.8. The Kier molecular flexibility index (Phi) is 5.78. The molecule has 0 saturated carbocycles. The Hall–Kier alpha value is -1.61. The van der Waals surface area contributed by atoms with Gasteiger partial charge in [0.05, 0.1) is 6.04 Å². The summed E-state index contributed by atoms with van der Waals surface area (Å²) >= 11 is 0. The fourth-order valence-corrected chi connectivity index (χ4v) is 2.94. The minimum absolute atomic E-state index is 0.356. The largest absolute Gasteiger partial charge is 0.284 e. The van der Waals surface area contributed by atoms with Gasteiger partial charge in [-0.3, -0.25) is 5.01 Å². The molecule has 2 aliphatic heterocycles. The first-order valence-corrected chi connectivity index (χ1v) is 8.34. The van der Waals surface area contributed by atoms with E-state index in [0.29, 0.717) is 17.9 Å². The molecule has 22 heavy (non-hydrogen) atoms. The van der Waals surface area contributed by atoms with Gasteiger partial charge in [-0.05, 0) is 30.8 Å². The zero-order valence-electron chi connectivity index (χ0n) is 14.3. The van der Waals surface area contributed by atoms with E-state index in [1.54, 1.807) is 0 Å². The number of hydrazine groups is 1. The summed E-state index contributed by atoms with van der Waals surface area (Å²) < 4.78 is 0. The van der Waals surface area contributed by atoms with Gasteiger partial charge in [-0.2, -0.15) is 0 Å². The highest BCUT2D eigenvalue weighted by Gasteiger charge is 2.31. The molecule has 0 aromatic heterocycles. The number of aliphatic imine (C=N–C) groups is 1. The molecule has 0 radical (unpaired) electrons. The van der Waals surface area contributed by atoms with Crippen molar-refractivity contribution < 1.29 is 0 Å². The van der Waals surface area contributed by atoms with Crippen LogP contribution in [0.15, 0.2) is 53.3 Å². The third kappa shape index (κ3) is 3.77. The Labute approximate surface area is 135 Å². The summed E-state index contributed by atoms with van der Waals surface area (Å²) in [5.74, 6) is 2.14. The zero-order valence-corrected chi connectivity index (χ0v) is 14.3. The van der Waals surface area contributed by atoms with Gasteiger partial charge in [0.25, 0.3) is 0 Å². The van der Waals surface area contributed by atoms with E-state index in [1.165, 1.54) is 11.3 Å². The predicted octanol–water partition coefficient (Wildman–Crippen LogP) is 4.23. The maximum atomic E-state index is 4.79. The third-order valence-corrected chi connectivity index (χ3v) is 4.33. The number of nitrogens with zero attached hydrogens (tertiary/aromatic N) is 2. The van der Waals surface area contributed by atoms with Crippen LogP contribution in [0, 0.1) is 11.8 Å². The van der Waals surface area contributed by atoms with Crippen LogP contribution in [0.4, 0.5) is 0 Å². The highest BCUT2D eigenvalue weighted by molar-refractivity contribution is 5.84. The SMILES string of the molecule is C=C/C=C\C(/C=C/C1CC(C)=NC2=C(C(C)C)CNN21)CC. The van der Waals surface area contributed by atoms with Gasteiger partial charge in [-0.1, -0.05) is 57.7 Å². The molecule has 120 valence electrons. The van der Waals surface area contributed by atoms with Crippen molar-refractivity contribution in [3.63, 3.8) is 0 Å². The maximum absolute atomic E-state index is 4.79. The second-order valence-electron chi connectivity index (χ2n) is 6.40. The summed E-state index contributed by atoms with van der Waals surface area (Å²) in [5.41, 5.74) is 6.15. The van der Waals surface area contributed by atoms with Gasteiger partial charge in [0.2, 0.25) is 0 Å². The number of nitrogens with one attached hydrogen (secondary N) is 1. The quantitative estimate of drug-likeness (QED) is 0.587. The van der Waals surface area contributed by atoms with Crippen molar-refractivity contribution in [2.45, 2.75) is 46.6 Å². The zero-order chi connectivity index (χ0) is 16.1. The van der Waals surface area contributed by atoms with Crippen LogP contribution >= 0.6 is 0 Å². The fraction of sp³-hybridized carbons (Fsp3) is 0.526. The van der Waals surface area contributed by atoms with Crippen molar-refractivity contribution in [2.75, 3.05) is 6.54 Å². The van der Waals surface area contributed by atoms with Crippen LogP contribution in [0.3, 0.4) is 0 Å². The maximum Gasteiger partial charge on any atom is 0.143 e. The highest BCUT2D eigenvalue weighted by atomic mass is 15.6. The van der Waals surface area contributed by atoms with E-state index in [-0.39, 0.29) is 0 Å². The molecule has 3 heteroatoms. The average Bonchev–Trinajstić information content (AvgIpc) is 2.91. The molecule has 0 aliphatic carbocycles. The summed E-state index contributed by atoms with van der Waals surface area (Å²) in [6, 6.07) is 0.356. The lowest BCUT2D eigenvalue weighted by molar-refractivity contribution is 0.229. The van der Waals surface area contributed by atoms with Crippen molar-refractivity contribution in [3.05, 3.63) is 48.4 Å². The van der Waals surface area contributed by atoms with Crippen molar-refractivity contribution in [2.24, 2.45) is 16.8 Å². The first kappa shape index (κ1) is 16.8. The van der Waals surface area contributed by atoms with Gasteiger partial charge < -0.3 is 0 Å². The van der Waals surface area contributed by atoms with E-state index in [2.05, 4.69) is 62.9 Å². The van der Waals surface area contributed by atoms with Gasteiger partial charge >= 0.3 is 0 Å². The topological polar surface area (TPSA) is 27.6 Å². The predicted molar refractivity (Wildman–Crippen MR) is 95.5 cm³/mol. The molecule has 0 saturated heterocycles.